The van der Waals surface area contributed by atoms with Gasteiger partial charge in [0.25, 0.3) is 0 Å². The average molecular weight is 471 g/mol. The summed E-state index contributed by atoms with van der Waals surface area (Å²) in [4.78, 5) is 8.33. The van der Waals surface area contributed by atoms with Crippen molar-refractivity contribution in [3.05, 3.63) is 104 Å². The van der Waals surface area contributed by atoms with E-state index in [1.54, 1.807) is 6.07 Å². The van der Waals surface area contributed by atoms with Crippen LogP contribution in [0.5, 0.6) is 0 Å². The van der Waals surface area contributed by atoms with Crippen LogP contribution in [-0.2, 0) is 0 Å². The third kappa shape index (κ3) is 4.84. The molecular weight excluding hydrogens is 449 g/mol. The Balaban J connectivity index is 1.65. The lowest BCUT2D eigenvalue weighted by molar-refractivity contribution is 0.171. The molecular formula is C25H22Cl3N3. The van der Waals surface area contributed by atoms with E-state index in [-0.39, 0.29) is 12.1 Å². The van der Waals surface area contributed by atoms with E-state index in [0.29, 0.717) is 15.7 Å². The van der Waals surface area contributed by atoms with Gasteiger partial charge < -0.3 is 4.90 Å². The Bertz CT molecular complexity index is 1090. The van der Waals surface area contributed by atoms with E-state index >= 15 is 0 Å². The highest BCUT2D eigenvalue weighted by Gasteiger charge is 2.32. The highest BCUT2D eigenvalue weighted by Crippen LogP contribution is 2.38. The van der Waals surface area contributed by atoms with Crippen LogP contribution >= 0.6 is 34.8 Å². The fourth-order valence-electron chi connectivity index (χ4n) is 4.17. The lowest BCUT2D eigenvalue weighted by atomic mass is 9.98. The van der Waals surface area contributed by atoms with E-state index in [1.165, 1.54) is 11.1 Å². The quantitative estimate of drug-likeness (QED) is 0.360. The molecule has 1 saturated heterocycles. The molecule has 0 spiro atoms. The molecule has 1 heterocycles. The number of anilines is 1. The zero-order valence-corrected chi connectivity index (χ0v) is 19.4. The molecule has 0 saturated carbocycles. The van der Waals surface area contributed by atoms with Crippen molar-refractivity contribution in [3.63, 3.8) is 0 Å². The molecule has 1 aliphatic rings. The molecule has 3 aromatic carbocycles. The van der Waals surface area contributed by atoms with Crippen LogP contribution in [0.15, 0.2) is 66.7 Å². The average Bonchev–Trinajstić information content (AvgIpc) is 2.79. The highest BCUT2D eigenvalue weighted by molar-refractivity contribution is 6.36. The van der Waals surface area contributed by atoms with E-state index in [2.05, 4.69) is 45.8 Å². The maximum atomic E-state index is 7.17. The van der Waals surface area contributed by atoms with E-state index in [9.17, 15) is 0 Å². The Kier molecular flexibility index (Phi) is 6.74. The number of hydrogen-bond acceptors (Lipinski definition) is 2. The minimum Gasteiger partial charge on any atom is -0.361 e. The Morgan fingerprint density at radius 2 is 1.58 bits per heavy atom. The lowest BCUT2D eigenvalue weighted by Gasteiger charge is -2.45. The van der Waals surface area contributed by atoms with Gasteiger partial charge in [-0.05, 0) is 48.4 Å². The summed E-state index contributed by atoms with van der Waals surface area (Å²) >= 11 is 18.9. The fourth-order valence-corrected chi connectivity index (χ4v) is 4.81. The molecule has 1 aliphatic heterocycles. The molecule has 0 amide bonds. The summed E-state index contributed by atoms with van der Waals surface area (Å²) in [6.07, 6.45) is 0. The zero-order chi connectivity index (χ0) is 22.0. The first-order valence-corrected chi connectivity index (χ1v) is 11.3. The summed E-state index contributed by atoms with van der Waals surface area (Å²) in [5.41, 5.74) is 4.05. The number of nitrogens with zero attached hydrogens (tertiary/aromatic N) is 3. The molecule has 4 rings (SSSR count). The van der Waals surface area contributed by atoms with Gasteiger partial charge in [0, 0.05) is 35.7 Å². The van der Waals surface area contributed by atoms with Crippen LogP contribution in [0.1, 0.15) is 30.1 Å². The minimum absolute atomic E-state index is 0.120. The number of hydrogen-bond donors (Lipinski definition) is 0. The first-order chi connectivity index (χ1) is 15.0. The molecule has 0 radical (unpaired) electrons. The van der Waals surface area contributed by atoms with Crippen molar-refractivity contribution in [2.45, 2.75) is 19.0 Å². The fraction of sp³-hybridized carbons (Fsp3) is 0.240. The monoisotopic (exact) mass is 469 g/mol. The van der Waals surface area contributed by atoms with Crippen LogP contribution in [0.25, 0.3) is 4.85 Å². The van der Waals surface area contributed by atoms with E-state index in [4.69, 9.17) is 41.4 Å². The van der Waals surface area contributed by atoms with Gasteiger partial charge in [0.1, 0.15) is 0 Å². The molecule has 1 fully saturated rings. The third-order valence-electron chi connectivity index (χ3n) is 5.94. The maximum absolute atomic E-state index is 7.17. The predicted octanol–water partition coefficient (Wildman–Crippen LogP) is 7.82. The molecule has 3 nitrogen and oxygen atoms in total. The molecule has 31 heavy (non-hydrogen) atoms. The number of piperazine rings is 1. The third-order valence-corrected chi connectivity index (χ3v) is 6.73. The smallest absolute Gasteiger partial charge is 0.187 e. The molecule has 0 aliphatic carbocycles. The van der Waals surface area contributed by atoms with Gasteiger partial charge in [-0.2, -0.15) is 0 Å². The van der Waals surface area contributed by atoms with Gasteiger partial charge in [0.05, 0.1) is 23.3 Å². The largest absolute Gasteiger partial charge is 0.361 e. The second-order valence-corrected chi connectivity index (χ2v) is 9.01. The van der Waals surface area contributed by atoms with Crippen molar-refractivity contribution < 1.29 is 0 Å². The van der Waals surface area contributed by atoms with Crippen LogP contribution in [0.2, 0.25) is 15.1 Å². The normalized spacial score (nSPS) is 17.9. The second-order valence-electron chi connectivity index (χ2n) is 7.73. The van der Waals surface area contributed by atoms with Gasteiger partial charge in [-0.3, -0.25) is 4.90 Å². The maximum Gasteiger partial charge on any atom is 0.187 e. The molecule has 2 atom stereocenters. The van der Waals surface area contributed by atoms with Gasteiger partial charge in [-0.15, -0.1) is 0 Å². The van der Waals surface area contributed by atoms with E-state index in [1.807, 2.05) is 36.4 Å². The topological polar surface area (TPSA) is 10.8 Å². The van der Waals surface area contributed by atoms with Crippen LogP contribution in [0.3, 0.4) is 0 Å². The summed E-state index contributed by atoms with van der Waals surface area (Å²) in [5, 5.41) is 2.01. The molecule has 0 aromatic heterocycles. The van der Waals surface area contributed by atoms with Gasteiger partial charge in [-0.25, -0.2) is 4.85 Å². The van der Waals surface area contributed by atoms with Crippen molar-refractivity contribution >= 4 is 46.2 Å². The summed E-state index contributed by atoms with van der Waals surface area (Å²) in [6.45, 7) is 12.0. The van der Waals surface area contributed by atoms with Gasteiger partial charge in [-0.1, -0.05) is 71.2 Å². The summed E-state index contributed by atoms with van der Waals surface area (Å²) in [6, 6.07) is 22.0. The molecule has 0 unspecified atom stereocenters. The molecule has 0 N–H and O–H groups in total. The van der Waals surface area contributed by atoms with E-state index < -0.39 is 0 Å². The number of halogens is 3. The molecule has 6 heteroatoms. The van der Waals surface area contributed by atoms with Gasteiger partial charge in [0.15, 0.2) is 5.69 Å². The number of rotatable bonds is 4. The Labute approximate surface area is 198 Å². The van der Waals surface area contributed by atoms with Crippen LogP contribution < -0.4 is 4.90 Å². The van der Waals surface area contributed by atoms with Crippen molar-refractivity contribution in [1.29, 1.82) is 0 Å². The van der Waals surface area contributed by atoms with Crippen LogP contribution in [0.4, 0.5) is 11.4 Å². The van der Waals surface area contributed by atoms with Crippen LogP contribution in [-0.4, -0.2) is 24.5 Å². The Hall–Kier alpha value is -2.22. The summed E-state index contributed by atoms with van der Waals surface area (Å²) in [7, 11) is 0. The predicted molar refractivity (Wildman–Crippen MR) is 131 cm³/mol. The summed E-state index contributed by atoms with van der Waals surface area (Å²) < 4.78 is 0. The van der Waals surface area contributed by atoms with E-state index in [0.717, 1.165) is 30.3 Å². The first-order valence-electron chi connectivity index (χ1n) is 10.1. The first kappa shape index (κ1) is 22.0. The lowest BCUT2D eigenvalue weighted by Crippen LogP contribution is -2.49. The highest BCUT2D eigenvalue weighted by atomic mass is 35.5. The van der Waals surface area contributed by atoms with Crippen molar-refractivity contribution in [2.75, 3.05) is 24.5 Å². The van der Waals surface area contributed by atoms with Crippen molar-refractivity contribution in [3.8, 4) is 0 Å². The molecule has 158 valence electrons. The van der Waals surface area contributed by atoms with Gasteiger partial charge >= 0.3 is 0 Å². The summed E-state index contributed by atoms with van der Waals surface area (Å²) in [5.74, 6) is 0. The Morgan fingerprint density at radius 3 is 2.23 bits per heavy atom. The van der Waals surface area contributed by atoms with Gasteiger partial charge in [0.2, 0.25) is 0 Å². The molecule has 3 aromatic rings. The standard InChI is InChI=1S/C25H22Cl3N3/c1-17(18-5-10-22(29-2)11-6-18)30-13-14-31(24-12-9-21(27)15-23(24)28)25(16-30)19-3-7-20(26)8-4-19/h3-12,15,17,25H,13-14,16H2,1H3/t17-,25+/m1/s1. The van der Waals surface area contributed by atoms with Crippen LogP contribution in [0, 0.1) is 6.57 Å². The van der Waals surface area contributed by atoms with Crippen molar-refractivity contribution in [1.82, 2.24) is 4.90 Å². The molecule has 0 bridgehead atoms. The SMILES string of the molecule is [C-]#[N+]c1ccc([C@@H](C)N2CCN(c3ccc(Cl)cc3Cl)[C@H](c3ccc(Cl)cc3)C2)cc1. The minimum atomic E-state index is 0.120. The second kappa shape index (κ2) is 9.51. The van der Waals surface area contributed by atoms with Crippen molar-refractivity contribution in [2.24, 2.45) is 0 Å². The zero-order valence-electron chi connectivity index (χ0n) is 17.1. The number of benzene rings is 3. The Morgan fingerprint density at radius 1 is 0.903 bits per heavy atom.